The molecule has 0 spiro atoms. The van der Waals surface area contributed by atoms with Gasteiger partial charge in [0.2, 0.25) is 11.8 Å². The number of carbonyl (C=O) groups is 2. The lowest BCUT2D eigenvalue weighted by molar-refractivity contribution is -0.156. The maximum atomic E-state index is 12.6. The van der Waals surface area contributed by atoms with E-state index in [1.54, 1.807) is 0 Å². The summed E-state index contributed by atoms with van der Waals surface area (Å²) >= 11 is 0. The Bertz CT molecular complexity index is 361. The molecule has 2 rings (SSSR count). The third-order valence-electron chi connectivity index (χ3n) is 4.41. The third kappa shape index (κ3) is 2.13. The van der Waals surface area contributed by atoms with Crippen LogP contribution >= 0.6 is 0 Å². The lowest BCUT2D eigenvalue weighted by Crippen LogP contribution is -2.68. The molecule has 2 unspecified atom stereocenters. The molecular formula is C14H24N2O2. The predicted octanol–water partition coefficient (Wildman–Crippen LogP) is 1.69. The molecule has 18 heavy (non-hydrogen) atoms. The lowest BCUT2D eigenvalue weighted by atomic mass is 9.91. The van der Waals surface area contributed by atoms with Crippen molar-refractivity contribution < 1.29 is 9.59 Å². The van der Waals surface area contributed by atoms with Crippen LogP contribution in [-0.2, 0) is 9.59 Å². The smallest absolute Gasteiger partial charge is 0.246 e. The third-order valence-corrected chi connectivity index (χ3v) is 4.41. The van der Waals surface area contributed by atoms with Crippen LogP contribution in [0.1, 0.15) is 53.4 Å². The molecule has 102 valence electrons. The van der Waals surface area contributed by atoms with Crippen LogP contribution in [-0.4, -0.2) is 34.3 Å². The summed E-state index contributed by atoms with van der Waals surface area (Å²) in [5.74, 6) is 0.515. The predicted molar refractivity (Wildman–Crippen MR) is 69.9 cm³/mol. The van der Waals surface area contributed by atoms with Crippen molar-refractivity contribution in [3.63, 3.8) is 0 Å². The molecule has 1 aliphatic carbocycles. The Hall–Kier alpha value is -1.06. The van der Waals surface area contributed by atoms with Gasteiger partial charge in [0.1, 0.15) is 12.1 Å². The lowest BCUT2D eigenvalue weighted by Gasteiger charge is -2.47. The first-order valence-corrected chi connectivity index (χ1v) is 7.06. The molecule has 1 saturated heterocycles. The highest BCUT2D eigenvalue weighted by molar-refractivity contribution is 5.97. The topological polar surface area (TPSA) is 49.4 Å². The van der Waals surface area contributed by atoms with E-state index in [2.05, 4.69) is 26.1 Å². The number of amides is 2. The van der Waals surface area contributed by atoms with Gasteiger partial charge in [-0.25, -0.2) is 0 Å². The summed E-state index contributed by atoms with van der Waals surface area (Å²) in [6, 6.07) is -0.575. The van der Waals surface area contributed by atoms with Crippen LogP contribution < -0.4 is 5.32 Å². The van der Waals surface area contributed by atoms with Crippen molar-refractivity contribution in [1.82, 2.24) is 10.2 Å². The van der Waals surface area contributed by atoms with E-state index in [9.17, 15) is 9.59 Å². The number of rotatable bonds is 4. The number of hydrogen-bond donors (Lipinski definition) is 1. The molecule has 0 aromatic rings. The van der Waals surface area contributed by atoms with Gasteiger partial charge in [-0.1, -0.05) is 13.8 Å². The maximum Gasteiger partial charge on any atom is 0.246 e. The number of nitrogens with zero attached hydrogens (tertiary/aromatic N) is 1. The van der Waals surface area contributed by atoms with E-state index in [0.29, 0.717) is 12.3 Å². The van der Waals surface area contributed by atoms with Gasteiger partial charge >= 0.3 is 0 Å². The first-order chi connectivity index (χ1) is 8.42. The molecule has 1 saturated carbocycles. The van der Waals surface area contributed by atoms with E-state index in [1.807, 2.05) is 11.8 Å². The molecule has 1 aliphatic heterocycles. The molecule has 0 aromatic heterocycles. The summed E-state index contributed by atoms with van der Waals surface area (Å²) in [5, 5.41) is 2.93. The van der Waals surface area contributed by atoms with Crippen molar-refractivity contribution in [2.75, 3.05) is 0 Å². The van der Waals surface area contributed by atoms with E-state index in [0.717, 1.165) is 19.3 Å². The zero-order chi connectivity index (χ0) is 13.5. The fourth-order valence-electron chi connectivity index (χ4n) is 2.74. The van der Waals surface area contributed by atoms with Gasteiger partial charge < -0.3 is 10.2 Å². The van der Waals surface area contributed by atoms with Gasteiger partial charge in [0.15, 0.2) is 0 Å². The first-order valence-electron chi connectivity index (χ1n) is 7.06. The largest absolute Gasteiger partial charge is 0.342 e. The monoisotopic (exact) mass is 252 g/mol. The Labute approximate surface area is 109 Å². The fourth-order valence-corrected chi connectivity index (χ4v) is 2.74. The molecule has 4 nitrogen and oxygen atoms in total. The van der Waals surface area contributed by atoms with Crippen LogP contribution in [0.25, 0.3) is 0 Å². The van der Waals surface area contributed by atoms with E-state index >= 15 is 0 Å². The van der Waals surface area contributed by atoms with Crippen molar-refractivity contribution in [3.8, 4) is 0 Å². The van der Waals surface area contributed by atoms with Crippen molar-refractivity contribution in [1.29, 1.82) is 0 Å². The summed E-state index contributed by atoms with van der Waals surface area (Å²) in [7, 11) is 0. The summed E-state index contributed by atoms with van der Waals surface area (Å²) in [6.07, 6.45) is 3.67. The summed E-state index contributed by atoms with van der Waals surface area (Å²) in [4.78, 5) is 26.7. The quantitative estimate of drug-likeness (QED) is 0.827. The highest BCUT2D eigenvalue weighted by Crippen LogP contribution is 2.37. The Kier molecular flexibility index (Phi) is 3.39. The standard InChI is InChI=1S/C14H24N2O2/c1-5-10-12(17)15-11(9-7-8-9)13(18)16(10)14(3,4)6-2/h9-11H,5-8H2,1-4H3,(H,15,17). The van der Waals surface area contributed by atoms with Gasteiger partial charge in [-0.2, -0.15) is 0 Å². The molecule has 0 bridgehead atoms. The number of nitrogens with one attached hydrogen (secondary N) is 1. The average Bonchev–Trinajstić information content (AvgIpc) is 3.14. The fraction of sp³-hybridized carbons (Fsp3) is 0.857. The summed E-state index contributed by atoms with van der Waals surface area (Å²) < 4.78 is 0. The van der Waals surface area contributed by atoms with E-state index in [-0.39, 0.29) is 29.4 Å². The van der Waals surface area contributed by atoms with Gasteiger partial charge in [0.25, 0.3) is 0 Å². The summed E-state index contributed by atoms with van der Waals surface area (Å²) in [5.41, 5.74) is -0.247. The maximum absolute atomic E-state index is 12.6. The Morgan fingerprint density at radius 3 is 2.33 bits per heavy atom. The van der Waals surface area contributed by atoms with Crippen LogP contribution in [0.4, 0.5) is 0 Å². The van der Waals surface area contributed by atoms with Crippen molar-refractivity contribution in [2.24, 2.45) is 5.92 Å². The van der Waals surface area contributed by atoms with E-state index in [1.165, 1.54) is 0 Å². The number of piperazine rings is 1. The van der Waals surface area contributed by atoms with Crippen molar-refractivity contribution in [2.45, 2.75) is 71.0 Å². The molecule has 4 heteroatoms. The average molecular weight is 252 g/mol. The second-order valence-electron chi connectivity index (χ2n) is 6.12. The Morgan fingerprint density at radius 1 is 1.28 bits per heavy atom. The van der Waals surface area contributed by atoms with Crippen molar-refractivity contribution >= 4 is 11.8 Å². The molecule has 1 N–H and O–H groups in total. The number of hydrogen-bond acceptors (Lipinski definition) is 2. The van der Waals surface area contributed by atoms with Crippen LogP contribution in [0.3, 0.4) is 0 Å². The molecule has 2 atom stereocenters. The molecule has 2 aliphatic rings. The van der Waals surface area contributed by atoms with Crippen LogP contribution in [0, 0.1) is 5.92 Å². The zero-order valence-corrected chi connectivity index (χ0v) is 11.8. The van der Waals surface area contributed by atoms with Crippen LogP contribution in [0.5, 0.6) is 0 Å². The SMILES string of the molecule is CCC1C(=O)NC(C2CC2)C(=O)N1C(C)(C)CC. The minimum Gasteiger partial charge on any atom is -0.342 e. The highest BCUT2D eigenvalue weighted by Gasteiger charge is 2.49. The first kappa shape index (κ1) is 13.4. The van der Waals surface area contributed by atoms with Crippen LogP contribution in [0.2, 0.25) is 0 Å². The van der Waals surface area contributed by atoms with Gasteiger partial charge in [0, 0.05) is 5.54 Å². The molecule has 1 heterocycles. The normalized spacial score (nSPS) is 29.4. The van der Waals surface area contributed by atoms with Gasteiger partial charge in [0.05, 0.1) is 0 Å². The van der Waals surface area contributed by atoms with Crippen molar-refractivity contribution in [3.05, 3.63) is 0 Å². The highest BCUT2D eigenvalue weighted by atomic mass is 16.2. The summed E-state index contributed by atoms with van der Waals surface area (Å²) in [6.45, 7) is 8.14. The second kappa shape index (κ2) is 4.56. The van der Waals surface area contributed by atoms with Gasteiger partial charge in [-0.15, -0.1) is 0 Å². The van der Waals surface area contributed by atoms with Gasteiger partial charge in [-0.3, -0.25) is 9.59 Å². The van der Waals surface area contributed by atoms with Gasteiger partial charge in [-0.05, 0) is 45.4 Å². The Balaban J connectivity index is 2.29. The minimum absolute atomic E-state index is 0.0236. The van der Waals surface area contributed by atoms with Crippen LogP contribution in [0.15, 0.2) is 0 Å². The van der Waals surface area contributed by atoms with E-state index in [4.69, 9.17) is 0 Å². The molecule has 2 fully saturated rings. The minimum atomic E-state index is -0.303. The second-order valence-corrected chi connectivity index (χ2v) is 6.12. The number of carbonyl (C=O) groups excluding carboxylic acids is 2. The molecule has 2 amide bonds. The molecule has 0 radical (unpaired) electrons. The Morgan fingerprint density at radius 2 is 1.89 bits per heavy atom. The van der Waals surface area contributed by atoms with E-state index < -0.39 is 0 Å². The molecular weight excluding hydrogens is 228 g/mol. The zero-order valence-electron chi connectivity index (χ0n) is 11.8. The molecule has 0 aromatic carbocycles.